The molecule has 0 heterocycles. The molecule has 2 unspecified atom stereocenters. The number of esters is 1. The first-order valence-electron chi connectivity index (χ1n) is 18.4. The van der Waals surface area contributed by atoms with Crippen LogP contribution in [0.1, 0.15) is 155 Å². The number of nitrogens with one attached hydrogen (secondary N) is 2. The topological polar surface area (TPSA) is 142 Å². The molecule has 0 spiro atoms. The highest BCUT2D eigenvalue weighted by molar-refractivity contribution is 5.87. The van der Waals surface area contributed by atoms with E-state index in [0.29, 0.717) is 12.8 Å². The van der Waals surface area contributed by atoms with Crippen molar-refractivity contribution in [2.45, 2.75) is 167 Å². The first kappa shape index (κ1) is 44.1. The Labute approximate surface area is 285 Å². The minimum Gasteiger partial charge on any atom is -0.480 e. The Morgan fingerprint density at radius 2 is 1.21 bits per heavy atom. The van der Waals surface area contributed by atoms with Crippen molar-refractivity contribution in [2.75, 3.05) is 13.2 Å². The van der Waals surface area contributed by atoms with Crippen molar-refractivity contribution >= 4 is 23.8 Å². The second kappa shape index (κ2) is 33.0. The maximum absolute atomic E-state index is 12.6. The van der Waals surface area contributed by atoms with Crippen molar-refractivity contribution in [3.8, 4) is 0 Å². The minimum absolute atomic E-state index is 0.0846. The van der Waals surface area contributed by atoms with Gasteiger partial charge in [-0.05, 0) is 70.6 Å². The Bertz CT molecular complexity index is 900. The lowest BCUT2D eigenvalue weighted by Gasteiger charge is -2.18. The van der Waals surface area contributed by atoms with Crippen LogP contribution in [0.15, 0.2) is 36.5 Å². The maximum Gasteiger partial charge on any atom is 0.328 e. The van der Waals surface area contributed by atoms with E-state index in [-0.39, 0.29) is 30.9 Å². The minimum atomic E-state index is -1.39. The fraction of sp³-hybridized carbons (Fsp3) is 0.737. The lowest BCUT2D eigenvalue weighted by molar-refractivity contribution is -0.150. The van der Waals surface area contributed by atoms with Crippen molar-refractivity contribution in [2.24, 2.45) is 0 Å². The second-order valence-corrected chi connectivity index (χ2v) is 12.3. The summed E-state index contributed by atoms with van der Waals surface area (Å²) in [6, 6.07) is -1.39. The molecule has 4 N–H and O–H groups in total. The molecule has 0 fully saturated rings. The molecule has 0 rings (SSSR count). The van der Waals surface area contributed by atoms with Gasteiger partial charge in [-0.2, -0.15) is 0 Å². The van der Waals surface area contributed by atoms with Gasteiger partial charge in [-0.15, -0.1) is 0 Å². The molecule has 2 amide bonds. The average Bonchev–Trinajstić information content (AvgIpc) is 3.05. The van der Waals surface area contributed by atoms with E-state index in [4.69, 9.17) is 14.9 Å². The second-order valence-electron chi connectivity index (χ2n) is 12.3. The lowest BCUT2D eigenvalue weighted by atomic mass is 10.0. The van der Waals surface area contributed by atoms with Gasteiger partial charge in [-0.1, -0.05) is 108 Å². The molecular formula is C38H66N2O7. The summed E-state index contributed by atoms with van der Waals surface area (Å²) in [7, 11) is 0. The molecule has 0 aliphatic rings. The number of ether oxygens (including phenoxy) is 1. The van der Waals surface area contributed by atoms with Crippen LogP contribution in [0.25, 0.3) is 0 Å². The fourth-order valence-electron chi connectivity index (χ4n) is 5.08. The Hall–Kier alpha value is -2.94. The average molecular weight is 663 g/mol. The Morgan fingerprint density at radius 3 is 1.83 bits per heavy atom. The van der Waals surface area contributed by atoms with Crippen molar-refractivity contribution < 1.29 is 34.1 Å². The molecule has 0 saturated heterocycles. The molecule has 0 aromatic heterocycles. The highest BCUT2D eigenvalue weighted by Gasteiger charge is 2.19. The molecule has 0 saturated carbocycles. The molecule has 2 atom stereocenters. The highest BCUT2D eigenvalue weighted by atomic mass is 16.5. The van der Waals surface area contributed by atoms with Gasteiger partial charge in [0.25, 0.3) is 0 Å². The van der Waals surface area contributed by atoms with Gasteiger partial charge in [0.05, 0.1) is 13.2 Å². The summed E-state index contributed by atoms with van der Waals surface area (Å²) in [5, 5.41) is 22.4. The number of amides is 2. The van der Waals surface area contributed by atoms with Gasteiger partial charge in [0.1, 0.15) is 12.1 Å². The van der Waals surface area contributed by atoms with Gasteiger partial charge in [0, 0.05) is 12.8 Å². The molecule has 0 aromatic carbocycles. The molecule has 0 aliphatic carbocycles. The van der Waals surface area contributed by atoms with Gasteiger partial charge in [-0.25, -0.2) is 4.79 Å². The van der Waals surface area contributed by atoms with E-state index >= 15 is 0 Å². The normalized spacial score (nSPS) is 12.9. The fourth-order valence-corrected chi connectivity index (χ4v) is 5.08. The molecule has 47 heavy (non-hydrogen) atoms. The van der Waals surface area contributed by atoms with Gasteiger partial charge in [0.2, 0.25) is 11.8 Å². The number of carboxylic acid groups (broad SMARTS) is 1. The van der Waals surface area contributed by atoms with E-state index in [1.165, 1.54) is 32.1 Å². The van der Waals surface area contributed by atoms with Crippen LogP contribution in [0.5, 0.6) is 0 Å². The number of hydrogen-bond acceptors (Lipinski definition) is 6. The van der Waals surface area contributed by atoms with Gasteiger partial charge < -0.3 is 25.6 Å². The van der Waals surface area contributed by atoms with Crippen LogP contribution in [0.2, 0.25) is 0 Å². The number of aliphatic hydroxyl groups excluding tert-OH is 1. The SMILES string of the molecule is CC/C=C\C/C=C\C/C=C\CCCCCCCCCC(=O)OC(CCCCCC)CCCCCC(=O)NCC(=O)NC(CO)C(=O)O. The van der Waals surface area contributed by atoms with Gasteiger partial charge >= 0.3 is 11.9 Å². The standard InChI is InChI=1S/C38H66N2O7/c1-3-5-7-9-10-11-12-13-14-15-16-17-18-19-20-21-26-30-37(44)47-33(27-23-8-6-4-2)28-24-22-25-29-35(42)39-31-36(43)40-34(32-41)38(45)46/h5,7,10-11,13-14,33-34,41H,3-4,6,8-9,12,15-32H2,1-2H3,(H,39,42)(H,40,43)(H,45,46)/b7-5-,11-10-,14-13-. The number of unbranched alkanes of at least 4 members (excludes halogenated alkanes) is 12. The third-order valence-corrected chi connectivity index (χ3v) is 7.90. The van der Waals surface area contributed by atoms with E-state index in [1.54, 1.807) is 0 Å². The van der Waals surface area contributed by atoms with Crippen molar-refractivity contribution in [1.29, 1.82) is 0 Å². The number of hydrogen-bond donors (Lipinski definition) is 4. The maximum atomic E-state index is 12.6. The largest absolute Gasteiger partial charge is 0.480 e. The molecular weight excluding hydrogens is 596 g/mol. The van der Waals surface area contributed by atoms with Crippen molar-refractivity contribution in [1.82, 2.24) is 10.6 Å². The van der Waals surface area contributed by atoms with Crippen LogP contribution in [0.3, 0.4) is 0 Å². The van der Waals surface area contributed by atoms with Crippen molar-refractivity contribution in [3.63, 3.8) is 0 Å². The highest BCUT2D eigenvalue weighted by Crippen LogP contribution is 2.17. The molecule has 9 nitrogen and oxygen atoms in total. The monoisotopic (exact) mass is 662 g/mol. The van der Waals surface area contributed by atoms with E-state index in [2.05, 4.69) is 60.9 Å². The Morgan fingerprint density at radius 1 is 0.660 bits per heavy atom. The zero-order valence-electron chi connectivity index (χ0n) is 29.5. The summed E-state index contributed by atoms with van der Waals surface area (Å²) in [6.45, 7) is 3.26. The van der Waals surface area contributed by atoms with Crippen LogP contribution < -0.4 is 10.6 Å². The summed E-state index contributed by atoms with van der Waals surface area (Å²) in [5.74, 6) is -2.40. The zero-order chi connectivity index (χ0) is 34.8. The summed E-state index contributed by atoms with van der Waals surface area (Å²) in [5.41, 5.74) is 0. The van der Waals surface area contributed by atoms with Gasteiger partial charge in [-0.3, -0.25) is 14.4 Å². The predicted molar refractivity (Wildman–Crippen MR) is 190 cm³/mol. The van der Waals surface area contributed by atoms with Crippen LogP contribution in [-0.2, 0) is 23.9 Å². The smallest absolute Gasteiger partial charge is 0.328 e. The summed E-state index contributed by atoms with van der Waals surface area (Å²) in [6.07, 6.45) is 34.8. The van der Waals surface area contributed by atoms with Crippen molar-refractivity contribution in [3.05, 3.63) is 36.5 Å². The zero-order valence-corrected chi connectivity index (χ0v) is 29.5. The molecule has 0 aliphatic heterocycles. The Kier molecular flexibility index (Phi) is 30.9. The number of rotatable bonds is 32. The van der Waals surface area contributed by atoms with Crippen LogP contribution in [0, 0.1) is 0 Å². The van der Waals surface area contributed by atoms with E-state index < -0.39 is 24.5 Å². The third-order valence-electron chi connectivity index (χ3n) is 7.90. The lowest BCUT2D eigenvalue weighted by Crippen LogP contribution is -2.47. The number of aliphatic hydroxyl groups is 1. The molecule has 9 heteroatoms. The number of allylic oxidation sites excluding steroid dienone is 6. The summed E-state index contributed by atoms with van der Waals surface area (Å²) in [4.78, 5) is 47.2. The number of carbonyl (C=O) groups excluding carboxylic acids is 3. The first-order valence-corrected chi connectivity index (χ1v) is 18.4. The molecule has 0 radical (unpaired) electrons. The molecule has 0 aromatic rings. The molecule has 270 valence electrons. The summed E-state index contributed by atoms with van der Waals surface area (Å²) < 4.78 is 5.87. The number of carbonyl (C=O) groups is 4. The molecule has 0 bridgehead atoms. The predicted octanol–water partition coefficient (Wildman–Crippen LogP) is 7.87. The Balaban J connectivity index is 4.06. The third kappa shape index (κ3) is 30.2. The van der Waals surface area contributed by atoms with Crippen LogP contribution in [0.4, 0.5) is 0 Å². The number of aliphatic carboxylic acids is 1. The van der Waals surface area contributed by atoms with E-state index in [0.717, 1.165) is 89.9 Å². The number of carboxylic acids is 1. The van der Waals surface area contributed by atoms with Crippen LogP contribution >= 0.6 is 0 Å². The van der Waals surface area contributed by atoms with E-state index in [9.17, 15) is 19.2 Å². The van der Waals surface area contributed by atoms with E-state index in [1.807, 2.05) is 0 Å². The van der Waals surface area contributed by atoms with Gasteiger partial charge in [0.15, 0.2) is 0 Å². The summed E-state index contributed by atoms with van der Waals surface area (Å²) >= 11 is 0. The van der Waals surface area contributed by atoms with Crippen LogP contribution in [-0.4, -0.2) is 59.3 Å². The first-order chi connectivity index (χ1) is 22.8. The quantitative estimate of drug-likeness (QED) is 0.0326.